The summed E-state index contributed by atoms with van der Waals surface area (Å²) in [5.41, 5.74) is 12.6. The predicted molar refractivity (Wildman–Crippen MR) is 282 cm³/mol. The zero-order valence-electron chi connectivity index (χ0n) is 41.8. The minimum Gasteiger partial charge on any atom is -0.510 e. The van der Waals surface area contributed by atoms with Crippen LogP contribution in [0.15, 0.2) is 182 Å². The molecule has 7 aromatic carbocycles. The number of ether oxygens (including phenoxy) is 1. The normalized spacial score (nSPS) is 12.3. The summed E-state index contributed by atoms with van der Waals surface area (Å²) in [4.78, 5) is 4.94. The van der Waals surface area contributed by atoms with Gasteiger partial charge in [0.15, 0.2) is 0 Å². The van der Waals surface area contributed by atoms with Gasteiger partial charge in [-0.1, -0.05) is 184 Å². The molecular weight excluding hydrogens is 1040 g/mol. The Morgan fingerprint density at radius 1 is 0.500 bits per heavy atom. The number of nitrogens with zero attached hydrogens (tertiary/aromatic N) is 4. The molecule has 10 rings (SSSR count). The molecule has 3 heterocycles. The molecule has 0 bridgehead atoms. The molecule has 0 aliphatic heterocycles. The van der Waals surface area contributed by atoms with Gasteiger partial charge in [0.2, 0.25) is 0 Å². The van der Waals surface area contributed by atoms with Crippen LogP contribution in [0.2, 0.25) is 0 Å². The van der Waals surface area contributed by atoms with E-state index in [2.05, 4.69) is 259 Å². The second-order valence-electron chi connectivity index (χ2n) is 21.5. The van der Waals surface area contributed by atoms with E-state index in [9.17, 15) is 0 Å². The van der Waals surface area contributed by atoms with E-state index in [0.717, 1.165) is 50.3 Å². The molecule has 0 aliphatic carbocycles. The Bertz CT molecular complexity index is 3480. The number of hydrogen-bond acceptors (Lipinski definition) is 2. The topological polar surface area (TPSA) is 35.9 Å². The van der Waals surface area contributed by atoms with Crippen LogP contribution in [0.5, 0.6) is 11.5 Å². The fraction of sp³-hybridized carbons (Fsp3) is 0.219. The van der Waals surface area contributed by atoms with E-state index in [1.54, 1.807) is 0 Å². The number of fused-ring (bicyclic) bond motifs is 3. The number of hydrogen-bond donors (Lipinski definition) is 0. The van der Waals surface area contributed by atoms with Crippen LogP contribution in [-0.2, 0) is 42.7 Å². The summed E-state index contributed by atoms with van der Waals surface area (Å²) in [7, 11) is 0. The first kappa shape index (κ1) is 48.2. The number of aromatic nitrogens is 4. The summed E-state index contributed by atoms with van der Waals surface area (Å²) in [5.74, 6) is 2.00. The van der Waals surface area contributed by atoms with Crippen molar-refractivity contribution in [3.63, 3.8) is 0 Å². The van der Waals surface area contributed by atoms with E-state index in [1.165, 1.54) is 33.4 Å². The summed E-state index contributed by atoms with van der Waals surface area (Å²) in [6.07, 6.45) is 7.91. The van der Waals surface area contributed by atoms with Crippen molar-refractivity contribution in [2.75, 3.05) is 0 Å². The van der Waals surface area contributed by atoms with Crippen molar-refractivity contribution in [3.05, 3.63) is 234 Å². The second kappa shape index (κ2) is 18.5. The van der Waals surface area contributed by atoms with Crippen LogP contribution < -0.4 is 9.30 Å². The summed E-state index contributed by atoms with van der Waals surface area (Å²) in [6.45, 7) is 22.8. The van der Waals surface area contributed by atoms with Crippen molar-refractivity contribution in [2.24, 2.45) is 0 Å². The van der Waals surface area contributed by atoms with E-state index < -0.39 is 5.41 Å². The van der Waals surface area contributed by atoms with Crippen molar-refractivity contribution in [2.45, 2.75) is 90.9 Å². The van der Waals surface area contributed by atoms with E-state index in [4.69, 9.17) is 9.72 Å². The average Bonchev–Trinajstić information content (AvgIpc) is 3.95. The van der Waals surface area contributed by atoms with Crippen molar-refractivity contribution in [1.82, 2.24) is 14.1 Å². The first-order chi connectivity index (χ1) is 32.9. The number of imidazole rings is 1. The third-order valence-corrected chi connectivity index (χ3v) is 13.9. The van der Waals surface area contributed by atoms with E-state index in [1.807, 2.05) is 24.4 Å². The fourth-order valence-corrected chi connectivity index (χ4v) is 9.48. The van der Waals surface area contributed by atoms with Crippen molar-refractivity contribution >= 4 is 21.8 Å². The Labute approximate surface area is 428 Å². The SMILES string of the molecule is CC(C)(C)c1cc(-[n+]2[c-]n(-c3[c-]c(Oc4[c-]c5c(cc4)c4cc(-c6ccccc6)ccc4n5-c4cc(C(C)(C)C)ccn4)ccc3)cc2C(C)(C)c2ccccc2)cc(C(C)(C)c2ccccc2)c1.[Pt]. The standard InChI is InChI=1S/C64H60N4O.Pt/c1-61(2,3)48-33-34-65-60(39-48)68-57-32-29-45(44-21-14-11-15-22-44)35-56(57)55-31-30-54(41-58(55)68)69-53-28-20-27-51(40-53)66-42-59(64(9,10)47-25-18-13-19-26-47)67(43-66)52-37-49(62(4,5)6)36-50(38-52)63(7,8)46-23-16-12-17-24-46;/h11-39,42H,1-10H3;/q-2;. The van der Waals surface area contributed by atoms with Gasteiger partial charge in [0.25, 0.3) is 6.33 Å². The second-order valence-corrected chi connectivity index (χ2v) is 21.5. The van der Waals surface area contributed by atoms with Crippen LogP contribution in [0.25, 0.3) is 50.1 Å². The smallest absolute Gasteiger partial charge is 0.267 e. The van der Waals surface area contributed by atoms with Crippen LogP contribution >= 0.6 is 0 Å². The molecule has 0 saturated carbocycles. The maximum absolute atomic E-state index is 6.73. The van der Waals surface area contributed by atoms with Gasteiger partial charge in [0, 0.05) is 61.3 Å². The van der Waals surface area contributed by atoms with Crippen LogP contribution in [0, 0.1) is 18.5 Å². The third kappa shape index (κ3) is 9.20. The summed E-state index contributed by atoms with van der Waals surface area (Å²) in [6, 6.07) is 67.6. The Hall–Kier alpha value is -6.81. The molecule has 6 heteroatoms. The molecule has 0 spiro atoms. The molecule has 0 fully saturated rings. The van der Waals surface area contributed by atoms with Crippen molar-refractivity contribution in [1.29, 1.82) is 0 Å². The van der Waals surface area contributed by atoms with Crippen molar-refractivity contribution < 1.29 is 30.4 Å². The molecule has 0 unspecified atom stereocenters. The summed E-state index contributed by atoms with van der Waals surface area (Å²) < 4.78 is 13.3. The molecule has 0 aliphatic rings. The average molecular weight is 1100 g/mol. The van der Waals surface area contributed by atoms with E-state index in [0.29, 0.717) is 11.5 Å². The Morgan fingerprint density at radius 3 is 1.80 bits per heavy atom. The van der Waals surface area contributed by atoms with Gasteiger partial charge in [-0.2, -0.15) is 18.2 Å². The zero-order chi connectivity index (χ0) is 48.3. The molecule has 0 radical (unpaired) electrons. The summed E-state index contributed by atoms with van der Waals surface area (Å²) in [5, 5.41) is 2.20. The molecule has 70 heavy (non-hydrogen) atoms. The summed E-state index contributed by atoms with van der Waals surface area (Å²) >= 11 is 0. The first-order valence-corrected chi connectivity index (χ1v) is 24.0. The van der Waals surface area contributed by atoms with E-state index >= 15 is 0 Å². The number of pyridine rings is 1. The molecule has 0 N–H and O–H groups in total. The molecule has 0 saturated heterocycles. The van der Waals surface area contributed by atoms with Crippen LogP contribution in [0.3, 0.4) is 0 Å². The molecule has 354 valence electrons. The number of rotatable bonds is 10. The quantitative estimate of drug-likeness (QED) is 0.101. The minimum atomic E-state index is -0.393. The molecule has 5 nitrogen and oxygen atoms in total. The Balaban J connectivity index is 0.00000608. The molecule has 10 aromatic rings. The van der Waals surface area contributed by atoms with Gasteiger partial charge in [0.05, 0.1) is 11.4 Å². The largest absolute Gasteiger partial charge is 0.510 e. The predicted octanol–water partition coefficient (Wildman–Crippen LogP) is 15.4. The van der Waals surface area contributed by atoms with Gasteiger partial charge in [-0.05, 0) is 91.2 Å². The Morgan fingerprint density at radius 2 is 1.13 bits per heavy atom. The Kier molecular flexibility index (Phi) is 12.7. The van der Waals surface area contributed by atoms with Gasteiger partial charge >= 0.3 is 0 Å². The molecule has 0 amide bonds. The van der Waals surface area contributed by atoms with Crippen LogP contribution in [0.4, 0.5) is 0 Å². The van der Waals surface area contributed by atoms with Gasteiger partial charge in [-0.15, -0.1) is 29.7 Å². The number of benzene rings is 7. The first-order valence-electron chi connectivity index (χ1n) is 24.0. The van der Waals surface area contributed by atoms with Gasteiger partial charge in [-0.25, -0.2) is 4.98 Å². The molecule has 0 atom stereocenters. The third-order valence-electron chi connectivity index (χ3n) is 13.9. The molecule has 3 aromatic heterocycles. The monoisotopic (exact) mass is 1100 g/mol. The van der Waals surface area contributed by atoms with Crippen LogP contribution in [0.1, 0.15) is 103 Å². The van der Waals surface area contributed by atoms with Gasteiger partial charge < -0.3 is 13.9 Å². The van der Waals surface area contributed by atoms with Gasteiger partial charge in [0.1, 0.15) is 5.82 Å². The zero-order valence-corrected chi connectivity index (χ0v) is 44.1. The van der Waals surface area contributed by atoms with Gasteiger partial charge in [-0.3, -0.25) is 4.57 Å². The maximum Gasteiger partial charge on any atom is 0.267 e. The molecular formula is C64H60N4OPt-2. The van der Waals surface area contributed by atoms with Crippen LogP contribution in [-0.4, -0.2) is 14.1 Å². The van der Waals surface area contributed by atoms with Crippen molar-refractivity contribution in [3.8, 4) is 39.8 Å². The van der Waals surface area contributed by atoms with E-state index in [-0.39, 0.29) is 37.3 Å². The minimum absolute atomic E-state index is 0. The maximum atomic E-state index is 6.73. The fourth-order valence-electron chi connectivity index (χ4n) is 9.48.